The van der Waals surface area contributed by atoms with Gasteiger partial charge >= 0.3 is 5.97 Å². The van der Waals surface area contributed by atoms with Gasteiger partial charge in [0.25, 0.3) is 11.8 Å². The van der Waals surface area contributed by atoms with E-state index in [4.69, 9.17) is 15.9 Å². The zero-order chi connectivity index (χ0) is 13.4. The van der Waals surface area contributed by atoms with Crippen LogP contribution in [0.1, 0.15) is 12.8 Å². The number of hydrogen-bond donors (Lipinski definition) is 0. The molecule has 0 aromatic rings. The van der Waals surface area contributed by atoms with E-state index in [0.717, 1.165) is 0 Å². The van der Waals surface area contributed by atoms with E-state index in [9.17, 15) is 14.4 Å². The maximum Gasteiger partial charge on any atom is 0.358 e. The van der Waals surface area contributed by atoms with Gasteiger partial charge in [-0.15, -0.1) is 11.5 Å². The molecule has 18 heavy (non-hydrogen) atoms. The highest BCUT2D eigenvalue weighted by Crippen LogP contribution is 2.11. The predicted octanol–water partition coefficient (Wildman–Crippen LogP) is -0.740. The summed E-state index contributed by atoms with van der Waals surface area (Å²) in [7, 11) is 0. The molecule has 0 bridgehead atoms. The van der Waals surface area contributed by atoms with E-state index >= 15 is 0 Å². The van der Waals surface area contributed by atoms with E-state index in [1.54, 1.807) is 0 Å². The first-order valence-electron chi connectivity index (χ1n) is 5.30. The molecule has 0 aromatic carbocycles. The van der Waals surface area contributed by atoms with Crippen molar-refractivity contribution >= 4 is 17.8 Å². The smallest absolute Gasteiger partial charge is 0.358 e. The van der Waals surface area contributed by atoms with Gasteiger partial charge in [-0.25, -0.2) is 4.79 Å². The molecule has 0 N–H and O–H groups in total. The van der Waals surface area contributed by atoms with E-state index in [-0.39, 0.29) is 39.3 Å². The van der Waals surface area contributed by atoms with Crippen molar-refractivity contribution in [2.45, 2.75) is 12.8 Å². The summed E-state index contributed by atoms with van der Waals surface area (Å²) < 4.78 is 9.81. The summed E-state index contributed by atoms with van der Waals surface area (Å²) in [5.74, 6) is 0.420. The standard InChI is InChI=1S/C11H13NO6/c1-2-5-16-6-7-17-8-11(15)18-12-9(13)3-4-10(12)14/h1H,3-8H2. The topological polar surface area (TPSA) is 82.1 Å². The molecule has 1 fully saturated rings. The van der Waals surface area contributed by atoms with Crippen molar-refractivity contribution in [1.29, 1.82) is 0 Å². The molecule has 7 nitrogen and oxygen atoms in total. The molecule has 0 aliphatic carbocycles. The van der Waals surface area contributed by atoms with Gasteiger partial charge in [-0.1, -0.05) is 5.92 Å². The number of nitrogens with zero attached hydrogens (tertiary/aromatic N) is 1. The van der Waals surface area contributed by atoms with Crippen molar-refractivity contribution < 1.29 is 28.7 Å². The Labute approximate surface area is 104 Å². The van der Waals surface area contributed by atoms with Crippen molar-refractivity contribution in [2.75, 3.05) is 26.4 Å². The number of ether oxygens (including phenoxy) is 2. The largest absolute Gasteiger partial charge is 0.367 e. The molecule has 0 aromatic heterocycles. The Balaban J connectivity index is 2.12. The zero-order valence-electron chi connectivity index (χ0n) is 9.72. The summed E-state index contributed by atoms with van der Waals surface area (Å²) in [4.78, 5) is 38.0. The van der Waals surface area contributed by atoms with Crippen LogP contribution in [-0.2, 0) is 28.7 Å². The van der Waals surface area contributed by atoms with Crippen LogP contribution >= 0.6 is 0 Å². The van der Waals surface area contributed by atoms with Crippen LogP contribution in [0.5, 0.6) is 0 Å². The number of carbonyl (C=O) groups is 3. The Kier molecular flexibility index (Phi) is 5.84. The first kappa shape index (κ1) is 14.2. The fourth-order valence-electron chi connectivity index (χ4n) is 1.19. The third kappa shape index (κ3) is 4.53. The Bertz CT molecular complexity index is 356. The minimum atomic E-state index is -0.810. The summed E-state index contributed by atoms with van der Waals surface area (Å²) in [6.45, 7) is 0.221. The van der Waals surface area contributed by atoms with Crippen LogP contribution in [0.3, 0.4) is 0 Å². The van der Waals surface area contributed by atoms with Gasteiger partial charge in [0.15, 0.2) is 0 Å². The maximum absolute atomic E-state index is 11.2. The molecule has 1 heterocycles. The van der Waals surface area contributed by atoms with E-state index < -0.39 is 17.8 Å². The molecule has 1 aliphatic heterocycles. The van der Waals surface area contributed by atoms with Crippen LogP contribution in [0, 0.1) is 12.3 Å². The predicted molar refractivity (Wildman–Crippen MR) is 57.7 cm³/mol. The summed E-state index contributed by atoms with van der Waals surface area (Å²) >= 11 is 0. The van der Waals surface area contributed by atoms with Crippen molar-refractivity contribution in [1.82, 2.24) is 5.06 Å². The second-order valence-corrected chi connectivity index (χ2v) is 3.35. The van der Waals surface area contributed by atoms with E-state index in [1.807, 2.05) is 0 Å². The number of carbonyl (C=O) groups excluding carboxylic acids is 3. The van der Waals surface area contributed by atoms with Gasteiger partial charge in [-0.2, -0.15) is 0 Å². The summed E-state index contributed by atoms with van der Waals surface area (Å²) in [5.41, 5.74) is 0. The quantitative estimate of drug-likeness (QED) is 0.338. The van der Waals surface area contributed by atoms with Crippen molar-refractivity contribution in [3.63, 3.8) is 0 Å². The second-order valence-electron chi connectivity index (χ2n) is 3.35. The Morgan fingerprint density at radius 3 is 2.44 bits per heavy atom. The average Bonchev–Trinajstić information content (AvgIpc) is 2.65. The molecule has 2 amide bonds. The first-order chi connectivity index (χ1) is 8.65. The van der Waals surface area contributed by atoms with Crippen LogP contribution < -0.4 is 0 Å². The molecule has 98 valence electrons. The SMILES string of the molecule is C#CCOCCOCC(=O)ON1C(=O)CCC1=O. The number of hydroxylamine groups is 2. The Morgan fingerprint density at radius 1 is 1.22 bits per heavy atom. The van der Waals surface area contributed by atoms with Gasteiger partial charge in [-0.05, 0) is 0 Å². The molecule has 0 saturated carbocycles. The molecule has 7 heteroatoms. The molecule has 0 atom stereocenters. The maximum atomic E-state index is 11.2. The fourth-order valence-corrected chi connectivity index (χ4v) is 1.19. The lowest BCUT2D eigenvalue weighted by Crippen LogP contribution is -2.33. The van der Waals surface area contributed by atoms with Crippen LogP contribution in [0.4, 0.5) is 0 Å². The third-order valence-electron chi connectivity index (χ3n) is 1.98. The van der Waals surface area contributed by atoms with Crippen LogP contribution in [-0.4, -0.2) is 49.3 Å². The molecular formula is C11H13NO6. The lowest BCUT2D eigenvalue weighted by molar-refractivity contribution is -0.200. The minimum Gasteiger partial charge on any atom is -0.367 e. The lowest BCUT2D eigenvalue weighted by Gasteiger charge is -2.12. The number of rotatable bonds is 7. The third-order valence-corrected chi connectivity index (χ3v) is 1.98. The molecule has 0 radical (unpaired) electrons. The van der Waals surface area contributed by atoms with Gasteiger partial charge in [-0.3, -0.25) is 9.59 Å². The summed E-state index contributed by atoms with van der Waals surface area (Å²) in [6.07, 6.45) is 5.07. The number of imide groups is 1. The van der Waals surface area contributed by atoms with Gasteiger partial charge in [0.1, 0.15) is 13.2 Å². The highest BCUT2D eigenvalue weighted by Gasteiger charge is 2.32. The van der Waals surface area contributed by atoms with Crippen molar-refractivity contribution in [3.05, 3.63) is 0 Å². The van der Waals surface area contributed by atoms with E-state index in [0.29, 0.717) is 5.06 Å². The monoisotopic (exact) mass is 255 g/mol. The Morgan fingerprint density at radius 2 is 1.83 bits per heavy atom. The van der Waals surface area contributed by atoms with Crippen molar-refractivity contribution in [3.8, 4) is 12.3 Å². The highest BCUT2D eigenvalue weighted by molar-refractivity contribution is 6.01. The minimum absolute atomic E-state index is 0.0624. The molecule has 0 unspecified atom stereocenters. The molecule has 1 saturated heterocycles. The second kappa shape index (κ2) is 7.42. The normalized spacial score (nSPS) is 14.7. The van der Waals surface area contributed by atoms with Gasteiger partial charge < -0.3 is 14.3 Å². The molecule has 1 rings (SSSR count). The summed E-state index contributed by atoms with van der Waals surface area (Å²) in [5, 5.41) is 0.473. The average molecular weight is 255 g/mol. The summed E-state index contributed by atoms with van der Waals surface area (Å²) in [6, 6.07) is 0. The van der Waals surface area contributed by atoms with Crippen LogP contribution in [0.25, 0.3) is 0 Å². The molecule has 1 aliphatic rings. The van der Waals surface area contributed by atoms with Gasteiger partial charge in [0, 0.05) is 12.8 Å². The van der Waals surface area contributed by atoms with Gasteiger partial charge in [0.2, 0.25) is 0 Å². The molecular weight excluding hydrogens is 242 g/mol. The highest BCUT2D eigenvalue weighted by atomic mass is 16.7. The number of amides is 2. The zero-order valence-corrected chi connectivity index (χ0v) is 9.72. The lowest BCUT2D eigenvalue weighted by atomic mass is 10.4. The first-order valence-corrected chi connectivity index (χ1v) is 5.30. The van der Waals surface area contributed by atoms with E-state index in [2.05, 4.69) is 10.8 Å². The van der Waals surface area contributed by atoms with Crippen LogP contribution in [0.2, 0.25) is 0 Å². The fraction of sp³-hybridized carbons (Fsp3) is 0.545. The molecule has 0 spiro atoms. The number of terminal acetylenes is 1. The van der Waals surface area contributed by atoms with Gasteiger partial charge in [0.05, 0.1) is 13.2 Å². The number of hydrogen-bond acceptors (Lipinski definition) is 6. The van der Waals surface area contributed by atoms with E-state index in [1.165, 1.54) is 0 Å². The Hall–Kier alpha value is -1.91. The van der Waals surface area contributed by atoms with Crippen molar-refractivity contribution in [2.24, 2.45) is 0 Å². The van der Waals surface area contributed by atoms with Crippen LogP contribution in [0.15, 0.2) is 0 Å².